The van der Waals surface area contributed by atoms with Crippen LogP contribution < -0.4 is 5.32 Å². The first kappa shape index (κ1) is 14.4. The van der Waals surface area contributed by atoms with E-state index in [0.717, 1.165) is 46.9 Å². The van der Waals surface area contributed by atoms with Crippen molar-refractivity contribution in [2.75, 3.05) is 18.9 Å². The largest absolute Gasteiger partial charge is 0.360 e. The first-order chi connectivity index (χ1) is 9.17. The van der Waals surface area contributed by atoms with Crippen molar-refractivity contribution in [2.24, 2.45) is 0 Å². The molecule has 0 aliphatic rings. The lowest BCUT2D eigenvalue weighted by Gasteiger charge is -2.12. The Labute approximate surface area is 121 Å². The van der Waals surface area contributed by atoms with Crippen LogP contribution >= 0.6 is 22.7 Å². The van der Waals surface area contributed by atoms with Gasteiger partial charge in [0.2, 0.25) is 5.13 Å². The number of rotatable bonds is 7. The number of nitrogens with zero attached hydrogens (tertiary/aromatic N) is 4. The van der Waals surface area contributed by atoms with Gasteiger partial charge < -0.3 is 5.32 Å². The van der Waals surface area contributed by atoms with Gasteiger partial charge in [-0.1, -0.05) is 18.3 Å². The Morgan fingerprint density at radius 2 is 2.16 bits per heavy atom. The minimum Gasteiger partial charge on any atom is -0.360 e. The van der Waals surface area contributed by atoms with Crippen LogP contribution in [0.2, 0.25) is 0 Å². The summed E-state index contributed by atoms with van der Waals surface area (Å²) in [7, 11) is 2.08. The fraction of sp³-hybridized carbons (Fsp3) is 0.583. The summed E-state index contributed by atoms with van der Waals surface area (Å²) in [6.45, 7) is 6.77. The van der Waals surface area contributed by atoms with Gasteiger partial charge in [-0.05, 0) is 20.4 Å². The molecule has 0 saturated carbocycles. The van der Waals surface area contributed by atoms with Gasteiger partial charge in [0.15, 0.2) is 0 Å². The molecule has 0 aliphatic carbocycles. The second-order valence-corrected chi connectivity index (χ2v) is 6.58. The topological polar surface area (TPSA) is 53.9 Å². The summed E-state index contributed by atoms with van der Waals surface area (Å²) in [5.74, 6) is 0. The van der Waals surface area contributed by atoms with E-state index in [9.17, 15) is 0 Å². The number of thiazole rings is 1. The molecule has 2 aromatic heterocycles. The average Bonchev–Trinajstić information content (AvgIpc) is 2.96. The van der Waals surface area contributed by atoms with Crippen molar-refractivity contribution >= 4 is 27.8 Å². The van der Waals surface area contributed by atoms with Crippen molar-refractivity contribution in [2.45, 2.75) is 33.4 Å². The molecule has 0 bridgehead atoms. The molecule has 2 aromatic rings. The third-order valence-corrected chi connectivity index (χ3v) is 4.18. The lowest BCUT2D eigenvalue weighted by molar-refractivity contribution is 0.314. The number of hydrogen-bond donors (Lipinski definition) is 1. The van der Waals surface area contributed by atoms with Crippen LogP contribution in [0.25, 0.3) is 0 Å². The second kappa shape index (κ2) is 6.93. The van der Waals surface area contributed by atoms with E-state index in [1.54, 1.807) is 22.7 Å². The Bertz CT molecular complexity index is 508. The summed E-state index contributed by atoms with van der Waals surface area (Å²) in [5.41, 5.74) is 1.12. The standard InChI is InChI=1S/C12H19N5S2/c1-4-5-13-12-16-15-11(19-12)7-17(3)6-10-8-18-9(2)14-10/h8H,4-7H2,1-3H3,(H,13,16). The summed E-state index contributed by atoms with van der Waals surface area (Å²) in [6, 6.07) is 0. The summed E-state index contributed by atoms with van der Waals surface area (Å²) >= 11 is 3.32. The Morgan fingerprint density at radius 3 is 2.84 bits per heavy atom. The zero-order valence-electron chi connectivity index (χ0n) is 11.5. The summed E-state index contributed by atoms with van der Waals surface area (Å²) in [5, 5.41) is 16.8. The fourth-order valence-corrected chi connectivity index (χ4v) is 3.11. The molecule has 0 spiro atoms. The van der Waals surface area contributed by atoms with Crippen LogP contribution in [0.15, 0.2) is 5.38 Å². The van der Waals surface area contributed by atoms with E-state index in [2.05, 4.69) is 44.7 Å². The van der Waals surface area contributed by atoms with E-state index in [0.29, 0.717) is 0 Å². The van der Waals surface area contributed by atoms with Crippen LogP contribution in [0.5, 0.6) is 0 Å². The Balaban J connectivity index is 1.84. The first-order valence-electron chi connectivity index (χ1n) is 6.33. The normalized spacial score (nSPS) is 11.2. The molecule has 5 nitrogen and oxygen atoms in total. The number of aromatic nitrogens is 3. The van der Waals surface area contributed by atoms with Crippen LogP contribution in [0.1, 0.15) is 29.1 Å². The number of aryl methyl sites for hydroxylation is 1. The average molecular weight is 297 g/mol. The molecule has 0 unspecified atom stereocenters. The van der Waals surface area contributed by atoms with Crippen LogP contribution in [0.3, 0.4) is 0 Å². The minimum atomic E-state index is 0.808. The molecular formula is C12H19N5S2. The van der Waals surface area contributed by atoms with Gasteiger partial charge in [-0.3, -0.25) is 4.90 Å². The number of nitrogens with one attached hydrogen (secondary N) is 1. The Kier molecular flexibility index (Phi) is 5.24. The van der Waals surface area contributed by atoms with E-state index in [-0.39, 0.29) is 0 Å². The molecule has 0 radical (unpaired) electrons. The molecule has 1 N–H and O–H groups in total. The van der Waals surface area contributed by atoms with E-state index in [4.69, 9.17) is 0 Å². The highest BCUT2D eigenvalue weighted by atomic mass is 32.1. The first-order valence-corrected chi connectivity index (χ1v) is 8.02. The third kappa shape index (κ3) is 4.52. The zero-order chi connectivity index (χ0) is 13.7. The monoisotopic (exact) mass is 297 g/mol. The van der Waals surface area contributed by atoms with Gasteiger partial charge in [0.05, 0.1) is 17.2 Å². The molecule has 0 fully saturated rings. The van der Waals surface area contributed by atoms with Gasteiger partial charge in [-0.25, -0.2) is 4.98 Å². The van der Waals surface area contributed by atoms with Gasteiger partial charge >= 0.3 is 0 Å². The summed E-state index contributed by atoms with van der Waals surface area (Å²) in [4.78, 5) is 6.68. The highest BCUT2D eigenvalue weighted by molar-refractivity contribution is 7.15. The summed E-state index contributed by atoms with van der Waals surface area (Å²) in [6.07, 6.45) is 1.10. The molecule has 0 amide bonds. The van der Waals surface area contributed by atoms with Crippen LogP contribution in [0.4, 0.5) is 5.13 Å². The van der Waals surface area contributed by atoms with Gasteiger partial charge in [0.1, 0.15) is 5.01 Å². The maximum Gasteiger partial charge on any atom is 0.205 e. The molecule has 2 rings (SSSR count). The maximum absolute atomic E-state index is 4.47. The molecular weight excluding hydrogens is 278 g/mol. The summed E-state index contributed by atoms with van der Waals surface area (Å²) < 4.78 is 0. The van der Waals surface area contributed by atoms with Gasteiger partial charge in [-0.15, -0.1) is 21.5 Å². The van der Waals surface area contributed by atoms with Crippen molar-refractivity contribution in [3.63, 3.8) is 0 Å². The van der Waals surface area contributed by atoms with Crippen LogP contribution in [-0.2, 0) is 13.1 Å². The highest BCUT2D eigenvalue weighted by Crippen LogP contribution is 2.17. The van der Waals surface area contributed by atoms with Gasteiger partial charge in [0, 0.05) is 18.5 Å². The second-order valence-electron chi connectivity index (χ2n) is 4.46. The van der Waals surface area contributed by atoms with E-state index >= 15 is 0 Å². The van der Waals surface area contributed by atoms with E-state index in [1.165, 1.54) is 0 Å². The molecule has 7 heteroatoms. The lowest BCUT2D eigenvalue weighted by Crippen LogP contribution is -2.17. The van der Waals surface area contributed by atoms with Crippen molar-refractivity contribution < 1.29 is 0 Å². The molecule has 19 heavy (non-hydrogen) atoms. The Hall–Kier alpha value is -1.05. The molecule has 0 saturated heterocycles. The van der Waals surface area contributed by atoms with Gasteiger partial charge in [-0.2, -0.15) is 0 Å². The van der Waals surface area contributed by atoms with Crippen LogP contribution in [-0.4, -0.2) is 33.7 Å². The van der Waals surface area contributed by atoms with E-state index < -0.39 is 0 Å². The predicted octanol–water partition coefficient (Wildman–Crippen LogP) is 2.76. The number of anilines is 1. The third-order valence-electron chi connectivity index (χ3n) is 2.50. The maximum atomic E-state index is 4.47. The molecule has 0 atom stereocenters. The highest BCUT2D eigenvalue weighted by Gasteiger charge is 2.08. The predicted molar refractivity (Wildman–Crippen MR) is 80.7 cm³/mol. The van der Waals surface area contributed by atoms with Crippen LogP contribution in [0, 0.1) is 6.92 Å². The van der Waals surface area contributed by atoms with Gasteiger partial charge in [0.25, 0.3) is 0 Å². The molecule has 0 aliphatic heterocycles. The minimum absolute atomic E-state index is 0.808. The van der Waals surface area contributed by atoms with Crippen molar-refractivity contribution in [3.8, 4) is 0 Å². The molecule has 2 heterocycles. The Morgan fingerprint density at radius 1 is 1.32 bits per heavy atom. The van der Waals surface area contributed by atoms with Crippen molar-refractivity contribution in [1.29, 1.82) is 0 Å². The lowest BCUT2D eigenvalue weighted by atomic mass is 10.4. The van der Waals surface area contributed by atoms with E-state index in [1.807, 2.05) is 6.92 Å². The SMILES string of the molecule is CCCNc1nnc(CN(C)Cc2csc(C)n2)s1. The quantitative estimate of drug-likeness (QED) is 0.851. The molecule has 104 valence electrons. The fourth-order valence-electron chi connectivity index (χ4n) is 1.67. The van der Waals surface area contributed by atoms with Crippen molar-refractivity contribution in [3.05, 3.63) is 21.1 Å². The zero-order valence-corrected chi connectivity index (χ0v) is 13.1. The smallest absolute Gasteiger partial charge is 0.205 e. The van der Waals surface area contributed by atoms with Crippen molar-refractivity contribution in [1.82, 2.24) is 20.1 Å². The number of hydrogen-bond acceptors (Lipinski definition) is 7. The molecule has 0 aromatic carbocycles.